The Hall–Kier alpha value is -1.51. The fourth-order valence-electron chi connectivity index (χ4n) is 1.96. The van der Waals surface area contributed by atoms with Crippen LogP contribution >= 0.6 is 0 Å². The van der Waals surface area contributed by atoms with Gasteiger partial charge in [-0.15, -0.1) is 0 Å². The molecule has 0 spiro atoms. The summed E-state index contributed by atoms with van der Waals surface area (Å²) < 4.78 is 10.8. The first-order valence-electron chi connectivity index (χ1n) is 6.18. The summed E-state index contributed by atoms with van der Waals surface area (Å²) in [7, 11) is 0. The third kappa shape index (κ3) is 2.78. The van der Waals surface area contributed by atoms with E-state index in [1.807, 2.05) is 25.1 Å². The molecule has 0 radical (unpaired) electrons. The van der Waals surface area contributed by atoms with Gasteiger partial charge in [0.05, 0.1) is 13.0 Å². The predicted molar refractivity (Wildman–Crippen MR) is 65.5 cm³/mol. The number of rotatable bonds is 4. The number of carbonyl (C=O) groups is 1. The molecule has 0 amide bonds. The molecule has 3 heteroatoms. The predicted octanol–water partition coefficient (Wildman–Crippen LogP) is 3.28. The Bertz CT molecular complexity index is 412. The molecular formula is C14H18O3. The monoisotopic (exact) mass is 234 g/mol. The molecule has 0 saturated carbocycles. The molecule has 0 bridgehead atoms. The normalized spacial score (nSPS) is 18.5. The van der Waals surface area contributed by atoms with E-state index in [1.165, 1.54) is 0 Å². The van der Waals surface area contributed by atoms with Gasteiger partial charge in [-0.2, -0.15) is 0 Å². The summed E-state index contributed by atoms with van der Waals surface area (Å²) in [6, 6.07) is 5.76. The van der Waals surface area contributed by atoms with Crippen LogP contribution in [0.5, 0.6) is 11.5 Å². The SMILES string of the molecule is CCCCOc1ccc2c(c1)OC(=O)CC2C. The molecule has 3 nitrogen and oxygen atoms in total. The van der Waals surface area contributed by atoms with Gasteiger partial charge in [-0.05, 0) is 24.0 Å². The number of benzene rings is 1. The van der Waals surface area contributed by atoms with Crippen LogP contribution in [0.2, 0.25) is 0 Å². The van der Waals surface area contributed by atoms with Gasteiger partial charge in [0.1, 0.15) is 11.5 Å². The Morgan fingerprint density at radius 1 is 1.47 bits per heavy atom. The van der Waals surface area contributed by atoms with Crippen molar-refractivity contribution in [3.8, 4) is 11.5 Å². The molecule has 17 heavy (non-hydrogen) atoms. The highest BCUT2D eigenvalue weighted by Gasteiger charge is 2.23. The summed E-state index contributed by atoms with van der Waals surface area (Å²) in [5.41, 5.74) is 1.09. The van der Waals surface area contributed by atoms with Gasteiger partial charge in [-0.25, -0.2) is 0 Å². The molecule has 0 N–H and O–H groups in total. The molecule has 92 valence electrons. The molecule has 1 atom stereocenters. The molecule has 1 heterocycles. The van der Waals surface area contributed by atoms with Crippen molar-refractivity contribution in [2.45, 2.75) is 39.0 Å². The van der Waals surface area contributed by atoms with E-state index >= 15 is 0 Å². The molecule has 1 aliphatic heterocycles. The lowest BCUT2D eigenvalue weighted by Crippen LogP contribution is -2.18. The number of ether oxygens (including phenoxy) is 2. The first kappa shape index (κ1) is 12.0. The second-order valence-electron chi connectivity index (χ2n) is 4.48. The van der Waals surface area contributed by atoms with Crippen LogP contribution in [0.3, 0.4) is 0 Å². The average Bonchev–Trinajstić information content (AvgIpc) is 2.28. The molecule has 1 aliphatic rings. The van der Waals surface area contributed by atoms with Crippen LogP contribution in [-0.2, 0) is 4.79 Å². The maximum Gasteiger partial charge on any atom is 0.311 e. The molecule has 0 aliphatic carbocycles. The van der Waals surface area contributed by atoms with Gasteiger partial charge in [0.25, 0.3) is 0 Å². The van der Waals surface area contributed by atoms with Crippen LogP contribution in [0.4, 0.5) is 0 Å². The number of fused-ring (bicyclic) bond motifs is 1. The molecular weight excluding hydrogens is 216 g/mol. The van der Waals surface area contributed by atoms with Crippen molar-refractivity contribution in [1.29, 1.82) is 0 Å². The summed E-state index contributed by atoms with van der Waals surface area (Å²) in [5, 5.41) is 0. The topological polar surface area (TPSA) is 35.5 Å². The minimum Gasteiger partial charge on any atom is -0.493 e. The zero-order valence-electron chi connectivity index (χ0n) is 10.4. The van der Waals surface area contributed by atoms with E-state index in [2.05, 4.69) is 6.92 Å². The quantitative estimate of drug-likeness (QED) is 0.455. The van der Waals surface area contributed by atoms with E-state index in [1.54, 1.807) is 0 Å². The fraction of sp³-hybridized carbons (Fsp3) is 0.500. The van der Waals surface area contributed by atoms with Crippen molar-refractivity contribution < 1.29 is 14.3 Å². The summed E-state index contributed by atoms with van der Waals surface area (Å²) in [6.07, 6.45) is 2.60. The first-order valence-corrected chi connectivity index (χ1v) is 6.18. The Labute approximate surface area is 102 Å². The lowest BCUT2D eigenvalue weighted by molar-refractivity contribution is -0.135. The standard InChI is InChI=1S/C14H18O3/c1-3-4-7-16-11-5-6-12-10(2)8-14(15)17-13(12)9-11/h5-6,9-10H,3-4,7-8H2,1-2H3. The van der Waals surface area contributed by atoms with Gasteiger partial charge in [0.15, 0.2) is 0 Å². The van der Waals surface area contributed by atoms with Gasteiger partial charge in [-0.1, -0.05) is 26.3 Å². The highest BCUT2D eigenvalue weighted by Crippen LogP contribution is 2.36. The van der Waals surface area contributed by atoms with E-state index in [-0.39, 0.29) is 11.9 Å². The number of carbonyl (C=O) groups excluding carboxylic acids is 1. The summed E-state index contributed by atoms with van der Waals surface area (Å²) >= 11 is 0. The highest BCUT2D eigenvalue weighted by atomic mass is 16.5. The summed E-state index contributed by atoms with van der Waals surface area (Å²) in [4.78, 5) is 11.3. The molecule has 1 aromatic rings. The lowest BCUT2D eigenvalue weighted by atomic mass is 9.95. The van der Waals surface area contributed by atoms with E-state index in [9.17, 15) is 4.79 Å². The van der Waals surface area contributed by atoms with Crippen molar-refractivity contribution in [2.75, 3.05) is 6.61 Å². The van der Waals surface area contributed by atoms with Gasteiger partial charge in [-0.3, -0.25) is 4.79 Å². The average molecular weight is 234 g/mol. The minimum absolute atomic E-state index is 0.157. The Kier molecular flexibility index (Phi) is 3.67. The minimum atomic E-state index is -0.157. The Morgan fingerprint density at radius 2 is 2.29 bits per heavy atom. The van der Waals surface area contributed by atoms with Crippen LogP contribution in [0.1, 0.15) is 44.6 Å². The fourth-order valence-corrected chi connectivity index (χ4v) is 1.96. The number of esters is 1. The van der Waals surface area contributed by atoms with Crippen molar-refractivity contribution in [1.82, 2.24) is 0 Å². The molecule has 2 rings (SSSR count). The van der Waals surface area contributed by atoms with Crippen molar-refractivity contribution in [3.63, 3.8) is 0 Å². The van der Waals surface area contributed by atoms with Crippen LogP contribution in [-0.4, -0.2) is 12.6 Å². The van der Waals surface area contributed by atoms with Gasteiger partial charge in [0, 0.05) is 6.07 Å². The molecule has 0 saturated heterocycles. The highest BCUT2D eigenvalue weighted by molar-refractivity contribution is 5.76. The van der Waals surface area contributed by atoms with Crippen molar-refractivity contribution in [2.24, 2.45) is 0 Å². The second kappa shape index (κ2) is 5.21. The lowest BCUT2D eigenvalue weighted by Gasteiger charge is -2.21. The van der Waals surface area contributed by atoms with Gasteiger partial charge >= 0.3 is 5.97 Å². The van der Waals surface area contributed by atoms with Crippen molar-refractivity contribution in [3.05, 3.63) is 23.8 Å². The van der Waals surface area contributed by atoms with Crippen molar-refractivity contribution >= 4 is 5.97 Å². The first-order chi connectivity index (χ1) is 8.20. The zero-order valence-corrected chi connectivity index (χ0v) is 10.4. The Morgan fingerprint density at radius 3 is 3.06 bits per heavy atom. The van der Waals surface area contributed by atoms with Gasteiger partial charge < -0.3 is 9.47 Å². The smallest absolute Gasteiger partial charge is 0.311 e. The van der Waals surface area contributed by atoms with E-state index in [4.69, 9.17) is 9.47 Å². The number of hydrogen-bond donors (Lipinski definition) is 0. The molecule has 1 unspecified atom stereocenters. The molecule has 0 fully saturated rings. The van der Waals surface area contributed by atoms with Crippen LogP contribution in [0.25, 0.3) is 0 Å². The maximum atomic E-state index is 11.3. The van der Waals surface area contributed by atoms with Crippen LogP contribution in [0.15, 0.2) is 18.2 Å². The summed E-state index contributed by atoms with van der Waals surface area (Å²) in [6.45, 7) is 4.87. The van der Waals surface area contributed by atoms with Gasteiger partial charge in [0.2, 0.25) is 0 Å². The van der Waals surface area contributed by atoms with Crippen LogP contribution in [0, 0.1) is 0 Å². The van der Waals surface area contributed by atoms with E-state index in [0.717, 1.165) is 24.2 Å². The Balaban J connectivity index is 2.13. The zero-order chi connectivity index (χ0) is 12.3. The van der Waals surface area contributed by atoms with E-state index < -0.39 is 0 Å². The number of unbranched alkanes of at least 4 members (excludes halogenated alkanes) is 1. The third-order valence-corrected chi connectivity index (χ3v) is 2.98. The summed E-state index contributed by atoms with van der Waals surface area (Å²) in [5.74, 6) is 1.51. The number of hydrogen-bond acceptors (Lipinski definition) is 3. The second-order valence-corrected chi connectivity index (χ2v) is 4.48. The van der Waals surface area contributed by atoms with Crippen LogP contribution < -0.4 is 9.47 Å². The largest absolute Gasteiger partial charge is 0.493 e. The van der Waals surface area contributed by atoms with E-state index in [0.29, 0.717) is 18.8 Å². The molecule has 1 aromatic carbocycles. The maximum absolute atomic E-state index is 11.3. The molecule has 0 aromatic heterocycles. The third-order valence-electron chi connectivity index (χ3n) is 2.98.